The Kier molecular flexibility index (Phi) is 6.65. The largest absolute Gasteiger partial charge is 0.493 e. The summed E-state index contributed by atoms with van der Waals surface area (Å²) in [4.78, 5) is 39.1. The van der Waals surface area contributed by atoms with Crippen LogP contribution in [-0.2, 0) is 31.0 Å². The van der Waals surface area contributed by atoms with Gasteiger partial charge in [-0.15, -0.1) is 0 Å². The molecule has 38 heavy (non-hydrogen) atoms. The Bertz CT molecular complexity index is 1180. The Morgan fingerprint density at radius 1 is 1.18 bits per heavy atom. The highest BCUT2D eigenvalue weighted by Crippen LogP contribution is 2.62. The van der Waals surface area contributed by atoms with Gasteiger partial charge in [0, 0.05) is 22.9 Å². The number of nitrogens with zero attached hydrogens (tertiary/aromatic N) is 1. The van der Waals surface area contributed by atoms with Gasteiger partial charge >= 0.3 is 11.9 Å². The molecule has 5 rings (SSSR count). The van der Waals surface area contributed by atoms with Gasteiger partial charge < -0.3 is 39.7 Å². The first kappa shape index (κ1) is 26.5. The number of likely N-dealkylation sites (tertiary alicyclic amines) is 1. The third kappa shape index (κ3) is 3.87. The number of piperidine rings is 1. The maximum atomic E-state index is 12.9. The van der Waals surface area contributed by atoms with Gasteiger partial charge in [-0.05, 0) is 50.1 Å². The molecular weight excluding hydrogens is 496 g/mol. The number of methoxy groups -OCH3 is 1. The molecule has 1 saturated heterocycles. The summed E-state index contributed by atoms with van der Waals surface area (Å²) in [5.41, 5.74) is 1.79. The second-order valence-corrected chi connectivity index (χ2v) is 11.0. The maximum absolute atomic E-state index is 12.9. The van der Waals surface area contributed by atoms with E-state index in [1.54, 1.807) is 27.0 Å². The molecule has 1 spiro atoms. The van der Waals surface area contributed by atoms with Crippen molar-refractivity contribution >= 4 is 17.8 Å². The Morgan fingerprint density at radius 2 is 1.92 bits per heavy atom. The van der Waals surface area contributed by atoms with Gasteiger partial charge in [-0.1, -0.05) is 26.0 Å². The molecule has 8 atom stereocenters. The number of hydrogen-bond donors (Lipinski definition) is 4. The summed E-state index contributed by atoms with van der Waals surface area (Å²) >= 11 is 0. The number of likely N-dealkylation sites (N-methyl/N-ethyl adjacent to an activating group) is 1. The van der Waals surface area contributed by atoms with Gasteiger partial charge in [0.15, 0.2) is 29.8 Å². The Hall–Kier alpha value is -3.15. The lowest BCUT2D eigenvalue weighted by molar-refractivity contribution is -0.173. The van der Waals surface area contributed by atoms with E-state index in [0.29, 0.717) is 11.5 Å². The number of carbonyl (C=O) groups excluding carboxylic acids is 2. The van der Waals surface area contributed by atoms with E-state index >= 15 is 0 Å². The number of carboxylic acids is 1. The van der Waals surface area contributed by atoms with Crippen molar-refractivity contribution in [3.05, 3.63) is 35.4 Å². The summed E-state index contributed by atoms with van der Waals surface area (Å²) in [5, 5.41) is 32.2. The maximum Gasteiger partial charge on any atom is 0.339 e. The van der Waals surface area contributed by atoms with Crippen molar-refractivity contribution in [3.8, 4) is 11.5 Å². The number of amides is 1. The van der Waals surface area contributed by atoms with Crippen LogP contribution in [-0.4, -0.2) is 95.3 Å². The van der Waals surface area contributed by atoms with Crippen LogP contribution in [0.25, 0.3) is 0 Å². The second kappa shape index (κ2) is 9.55. The normalized spacial score (nSPS) is 31.0. The highest BCUT2D eigenvalue weighted by molar-refractivity contribution is 5.91. The quantitative estimate of drug-likeness (QED) is 0.267. The highest BCUT2D eigenvalue weighted by Gasteiger charge is 2.65. The van der Waals surface area contributed by atoms with Gasteiger partial charge in [0.05, 0.1) is 7.11 Å². The molecule has 2 aliphatic carbocycles. The van der Waals surface area contributed by atoms with Crippen LogP contribution in [0.3, 0.4) is 0 Å². The van der Waals surface area contributed by atoms with Crippen LogP contribution in [0.2, 0.25) is 0 Å². The minimum Gasteiger partial charge on any atom is -0.493 e. The van der Waals surface area contributed by atoms with Gasteiger partial charge in [0.2, 0.25) is 0 Å². The van der Waals surface area contributed by atoms with E-state index in [0.717, 1.165) is 24.9 Å². The summed E-state index contributed by atoms with van der Waals surface area (Å²) in [7, 11) is 3.68. The van der Waals surface area contributed by atoms with Crippen LogP contribution in [0.4, 0.5) is 0 Å². The number of benzene rings is 1. The van der Waals surface area contributed by atoms with E-state index in [-0.39, 0.29) is 12.0 Å². The number of carbonyl (C=O) groups is 3. The molecule has 2 bridgehead atoms. The number of aliphatic hydroxyl groups is 2. The number of rotatable bonds is 8. The topological polar surface area (TPSA) is 155 Å². The zero-order valence-corrected chi connectivity index (χ0v) is 21.8. The van der Waals surface area contributed by atoms with Crippen LogP contribution in [0.1, 0.15) is 31.4 Å². The summed E-state index contributed by atoms with van der Waals surface area (Å²) in [6.45, 7) is 3.99. The third-order valence-electron chi connectivity index (χ3n) is 8.63. The fourth-order valence-electron chi connectivity index (χ4n) is 6.70. The second-order valence-electron chi connectivity index (χ2n) is 11.0. The van der Waals surface area contributed by atoms with E-state index in [4.69, 9.17) is 14.2 Å². The van der Waals surface area contributed by atoms with E-state index in [1.165, 1.54) is 5.56 Å². The van der Waals surface area contributed by atoms with Gasteiger partial charge in [0.25, 0.3) is 5.91 Å². The summed E-state index contributed by atoms with van der Waals surface area (Å²) < 4.78 is 17.7. The first-order valence-corrected chi connectivity index (χ1v) is 12.9. The minimum atomic E-state index is -2.22. The lowest BCUT2D eigenvalue weighted by Crippen LogP contribution is -2.65. The molecule has 0 aromatic heterocycles. The number of aliphatic carboxylic acids is 1. The lowest BCUT2D eigenvalue weighted by atomic mass is 9.53. The van der Waals surface area contributed by atoms with Crippen molar-refractivity contribution in [1.82, 2.24) is 10.2 Å². The molecule has 1 aromatic rings. The molecule has 1 amide bonds. The smallest absolute Gasteiger partial charge is 0.339 e. The highest BCUT2D eigenvalue weighted by atomic mass is 16.6. The van der Waals surface area contributed by atoms with Crippen LogP contribution in [0, 0.1) is 11.8 Å². The predicted octanol–water partition coefficient (Wildman–Crippen LogP) is -0.000800. The first-order chi connectivity index (χ1) is 18.0. The van der Waals surface area contributed by atoms with E-state index in [1.807, 2.05) is 12.1 Å². The van der Waals surface area contributed by atoms with Crippen LogP contribution in [0.15, 0.2) is 24.3 Å². The summed E-state index contributed by atoms with van der Waals surface area (Å²) in [5.74, 6) is -2.81. The van der Waals surface area contributed by atoms with Gasteiger partial charge in [-0.25, -0.2) is 9.59 Å². The molecule has 4 N–H and O–H groups in total. The monoisotopic (exact) mass is 530 g/mol. The van der Waals surface area contributed by atoms with E-state index in [2.05, 4.69) is 23.3 Å². The van der Waals surface area contributed by atoms with Crippen LogP contribution >= 0.6 is 0 Å². The van der Waals surface area contributed by atoms with Crippen LogP contribution < -0.4 is 14.8 Å². The molecule has 0 radical (unpaired) electrons. The predicted molar refractivity (Wildman–Crippen MR) is 133 cm³/mol. The molecule has 4 aliphatic rings. The molecule has 1 aromatic carbocycles. The first-order valence-electron chi connectivity index (χ1n) is 12.9. The minimum absolute atomic E-state index is 0.118. The van der Waals surface area contributed by atoms with Gasteiger partial charge in [-0.2, -0.15) is 0 Å². The molecule has 206 valence electrons. The molecule has 2 aliphatic heterocycles. The van der Waals surface area contributed by atoms with Gasteiger partial charge in [-0.3, -0.25) is 4.79 Å². The van der Waals surface area contributed by atoms with Crippen molar-refractivity contribution in [1.29, 1.82) is 0 Å². The molecule has 11 nitrogen and oxygen atoms in total. The standard InChI is InChI=1S/C27H34N2O9/c1-12(2)19(25(33)34)28-24(32)20(30)21(31)26(35)37-17-8-6-14-15-11-13-5-7-16(36-4)22-18(13)27(14,23(17)38-22)9-10-29(15)3/h5-8,12,14-15,17,19-21,23,30-31H,9-11H2,1-4H3,(H,28,32)(H,33,34)/t14?,15-,17+,19?,20?,21?,23+,27+/m1/s1. The van der Waals surface area contributed by atoms with Crippen molar-refractivity contribution in [2.24, 2.45) is 11.8 Å². The Morgan fingerprint density at radius 3 is 2.58 bits per heavy atom. The number of aliphatic hydroxyl groups excluding tert-OH is 2. The Labute approximate surface area is 220 Å². The average molecular weight is 531 g/mol. The molecule has 0 saturated carbocycles. The van der Waals surface area contributed by atoms with Crippen molar-refractivity contribution in [3.63, 3.8) is 0 Å². The number of nitrogens with one attached hydrogen (secondary N) is 1. The zero-order chi connectivity index (χ0) is 27.5. The van der Waals surface area contributed by atoms with E-state index in [9.17, 15) is 29.7 Å². The van der Waals surface area contributed by atoms with Crippen LogP contribution in [0.5, 0.6) is 11.5 Å². The fourth-order valence-corrected chi connectivity index (χ4v) is 6.70. The number of esters is 1. The summed E-state index contributed by atoms with van der Waals surface area (Å²) in [6.07, 6.45) is -0.488. The third-order valence-corrected chi connectivity index (χ3v) is 8.63. The fraction of sp³-hybridized carbons (Fsp3) is 0.593. The average Bonchev–Trinajstić information content (AvgIpc) is 3.24. The molecular formula is C27H34N2O9. The van der Waals surface area contributed by atoms with Gasteiger partial charge in [0.1, 0.15) is 12.1 Å². The zero-order valence-electron chi connectivity index (χ0n) is 21.8. The molecule has 2 heterocycles. The number of carboxylic acid groups (broad SMARTS) is 1. The summed E-state index contributed by atoms with van der Waals surface area (Å²) in [6, 6.07) is 2.89. The molecule has 1 fully saturated rings. The number of hydrogen-bond acceptors (Lipinski definition) is 9. The Balaban J connectivity index is 1.39. The lowest BCUT2D eigenvalue weighted by Gasteiger charge is -2.56. The van der Waals surface area contributed by atoms with Crippen molar-refractivity contribution in [2.45, 2.75) is 68.6 Å². The van der Waals surface area contributed by atoms with Crippen molar-refractivity contribution < 1.29 is 43.9 Å². The SMILES string of the molecule is COc1ccc2c3c1O[C@H]1[C@@H](OC(=O)C(O)C(O)C(=O)NC(C(=O)O)C(C)C)C=CC4[C@@H](C2)N(C)CC[C@@]341. The molecule has 11 heteroatoms. The number of ether oxygens (including phenoxy) is 3. The van der Waals surface area contributed by atoms with E-state index < -0.39 is 59.6 Å². The van der Waals surface area contributed by atoms with Crippen molar-refractivity contribution in [2.75, 3.05) is 20.7 Å². The molecule has 4 unspecified atom stereocenters.